The minimum Gasteiger partial charge on any atom is -0.377 e. The molecule has 3 heterocycles. The summed E-state index contributed by atoms with van der Waals surface area (Å²) in [4.78, 5) is 25.1. The van der Waals surface area contributed by atoms with Crippen LogP contribution >= 0.6 is 0 Å². The third-order valence-corrected chi connectivity index (χ3v) is 5.69. The van der Waals surface area contributed by atoms with Crippen molar-refractivity contribution in [2.45, 2.75) is 45.2 Å². The van der Waals surface area contributed by atoms with Gasteiger partial charge in [0.2, 0.25) is 0 Å². The molecule has 6 heteroatoms. The first kappa shape index (κ1) is 20.3. The maximum absolute atomic E-state index is 13.0. The first-order valence-corrected chi connectivity index (χ1v) is 10.6. The predicted molar refractivity (Wildman–Crippen MR) is 123 cm³/mol. The van der Waals surface area contributed by atoms with Crippen LogP contribution in [0, 0.1) is 0 Å². The lowest BCUT2D eigenvalue weighted by molar-refractivity contribution is 0.0708. The number of hydrogen-bond acceptors (Lipinski definition) is 4. The van der Waals surface area contributed by atoms with E-state index in [9.17, 15) is 4.79 Å². The molecular weight excluding hydrogens is 374 g/mol. The molecule has 1 aromatic carbocycles. The zero-order valence-corrected chi connectivity index (χ0v) is 18.3. The highest BCUT2D eigenvalue weighted by Crippen LogP contribution is 2.29. The highest BCUT2D eigenvalue weighted by Gasteiger charge is 2.28. The molecule has 1 saturated heterocycles. The molecule has 1 aliphatic heterocycles. The molecule has 0 aliphatic carbocycles. The number of aromatic nitrogens is 2. The Labute approximate surface area is 178 Å². The van der Waals surface area contributed by atoms with E-state index in [2.05, 4.69) is 54.1 Å². The minimum absolute atomic E-state index is 0.0337. The first-order chi connectivity index (χ1) is 14.3. The summed E-state index contributed by atoms with van der Waals surface area (Å²) in [5.74, 6) is 1.05. The van der Waals surface area contributed by atoms with Crippen molar-refractivity contribution < 1.29 is 4.79 Å². The number of rotatable bonds is 4. The molecule has 1 amide bonds. The molecule has 0 unspecified atom stereocenters. The summed E-state index contributed by atoms with van der Waals surface area (Å²) < 4.78 is 0. The summed E-state index contributed by atoms with van der Waals surface area (Å²) in [5, 5.41) is 4.63. The average molecular weight is 406 g/mol. The van der Waals surface area contributed by atoms with Gasteiger partial charge in [-0.05, 0) is 57.9 Å². The standard InChI is InChI=1S/C24H31N5O/c1-24(2,3)27-20-10-7-13-25-22(20)28(4)18-11-14-29(15-12-18)23(30)21-16-17-8-5-6-9-19(17)26-21/h5-10,13,16,18,26-27H,11-12,14-15H2,1-4H3. The largest absolute Gasteiger partial charge is 0.377 e. The van der Waals surface area contributed by atoms with Crippen molar-refractivity contribution in [2.75, 3.05) is 30.4 Å². The SMILES string of the molecule is CN(c1ncccc1NC(C)(C)C)C1CCN(C(=O)c2cc3ccccc3[nH]2)CC1. The molecule has 6 nitrogen and oxygen atoms in total. The van der Waals surface area contributed by atoms with E-state index in [-0.39, 0.29) is 11.4 Å². The van der Waals surface area contributed by atoms with Crippen LogP contribution in [-0.4, -0.2) is 52.5 Å². The lowest BCUT2D eigenvalue weighted by Gasteiger charge is -2.38. The van der Waals surface area contributed by atoms with Crippen LogP contribution in [0.4, 0.5) is 11.5 Å². The Balaban J connectivity index is 1.42. The van der Waals surface area contributed by atoms with E-state index in [0.29, 0.717) is 11.7 Å². The zero-order valence-electron chi connectivity index (χ0n) is 18.3. The molecule has 1 aliphatic rings. The molecule has 3 aromatic rings. The van der Waals surface area contributed by atoms with Crippen LogP contribution in [0.1, 0.15) is 44.1 Å². The zero-order chi connectivity index (χ0) is 21.3. The van der Waals surface area contributed by atoms with Gasteiger partial charge in [-0.2, -0.15) is 0 Å². The van der Waals surface area contributed by atoms with Gasteiger partial charge in [0.15, 0.2) is 5.82 Å². The van der Waals surface area contributed by atoms with Crippen LogP contribution in [0.15, 0.2) is 48.7 Å². The van der Waals surface area contributed by atoms with Gasteiger partial charge in [0.25, 0.3) is 5.91 Å². The van der Waals surface area contributed by atoms with Crippen LogP contribution in [0.25, 0.3) is 10.9 Å². The third-order valence-electron chi connectivity index (χ3n) is 5.69. The number of carbonyl (C=O) groups is 1. The molecule has 158 valence electrons. The van der Waals surface area contributed by atoms with Crippen molar-refractivity contribution >= 4 is 28.3 Å². The number of pyridine rings is 1. The maximum atomic E-state index is 13.0. The smallest absolute Gasteiger partial charge is 0.270 e. The number of nitrogens with one attached hydrogen (secondary N) is 2. The number of H-pyrrole nitrogens is 1. The summed E-state index contributed by atoms with van der Waals surface area (Å²) in [6, 6.07) is 14.4. The van der Waals surface area contributed by atoms with Gasteiger partial charge in [0.1, 0.15) is 5.69 Å². The normalized spacial score (nSPS) is 15.4. The molecule has 0 saturated carbocycles. The second-order valence-corrected chi connectivity index (χ2v) is 9.15. The molecule has 0 atom stereocenters. The quantitative estimate of drug-likeness (QED) is 0.670. The van der Waals surface area contributed by atoms with Gasteiger partial charge in [-0.3, -0.25) is 4.79 Å². The third kappa shape index (κ3) is 4.27. The summed E-state index contributed by atoms with van der Waals surface area (Å²) in [7, 11) is 2.11. The molecule has 0 spiro atoms. The van der Waals surface area contributed by atoms with Crippen molar-refractivity contribution in [1.29, 1.82) is 0 Å². The Morgan fingerprint density at radius 1 is 1.17 bits per heavy atom. The summed E-state index contributed by atoms with van der Waals surface area (Å²) >= 11 is 0. The van der Waals surface area contributed by atoms with Gasteiger partial charge >= 0.3 is 0 Å². The Hall–Kier alpha value is -3.02. The highest BCUT2D eigenvalue weighted by molar-refractivity contribution is 5.98. The van der Waals surface area contributed by atoms with Crippen LogP contribution in [0.2, 0.25) is 0 Å². The monoisotopic (exact) mass is 405 g/mol. The fourth-order valence-electron chi connectivity index (χ4n) is 4.17. The number of carbonyl (C=O) groups excluding carboxylic acids is 1. The lowest BCUT2D eigenvalue weighted by atomic mass is 10.0. The Kier molecular flexibility index (Phi) is 5.41. The Bertz CT molecular complexity index is 994. The van der Waals surface area contributed by atoms with E-state index in [1.165, 1.54) is 0 Å². The molecular formula is C24H31N5O. The highest BCUT2D eigenvalue weighted by atomic mass is 16.2. The molecule has 0 radical (unpaired) electrons. The second-order valence-electron chi connectivity index (χ2n) is 9.15. The number of aromatic amines is 1. The second kappa shape index (κ2) is 8.01. The molecule has 2 aromatic heterocycles. The molecule has 4 rings (SSSR count). The van der Waals surface area contributed by atoms with Gasteiger partial charge in [0, 0.05) is 48.8 Å². The van der Waals surface area contributed by atoms with Crippen LogP contribution in [-0.2, 0) is 0 Å². The number of hydrogen-bond donors (Lipinski definition) is 2. The summed E-state index contributed by atoms with van der Waals surface area (Å²) in [6.07, 6.45) is 3.69. The number of nitrogens with zero attached hydrogens (tertiary/aromatic N) is 3. The van der Waals surface area contributed by atoms with Crippen LogP contribution in [0.3, 0.4) is 0 Å². The number of para-hydroxylation sites is 1. The van der Waals surface area contributed by atoms with E-state index >= 15 is 0 Å². The lowest BCUT2D eigenvalue weighted by Crippen LogP contribution is -2.46. The van der Waals surface area contributed by atoms with Crippen LogP contribution in [0.5, 0.6) is 0 Å². The van der Waals surface area contributed by atoms with E-state index in [0.717, 1.165) is 48.3 Å². The van der Waals surface area contributed by atoms with E-state index < -0.39 is 0 Å². The molecule has 2 N–H and O–H groups in total. The molecule has 0 bridgehead atoms. The van der Waals surface area contributed by atoms with E-state index in [1.54, 1.807) is 0 Å². The average Bonchev–Trinajstić information content (AvgIpc) is 3.16. The molecule has 30 heavy (non-hydrogen) atoms. The summed E-state index contributed by atoms with van der Waals surface area (Å²) in [5.41, 5.74) is 2.69. The number of likely N-dealkylation sites (tertiary alicyclic amines) is 1. The van der Waals surface area contributed by atoms with E-state index in [1.807, 2.05) is 47.5 Å². The van der Waals surface area contributed by atoms with Crippen LogP contribution < -0.4 is 10.2 Å². The van der Waals surface area contributed by atoms with Gasteiger partial charge in [0.05, 0.1) is 5.69 Å². The van der Waals surface area contributed by atoms with Crippen molar-refractivity contribution in [2.24, 2.45) is 0 Å². The van der Waals surface area contributed by atoms with Gasteiger partial charge in [-0.1, -0.05) is 18.2 Å². The molecule has 1 fully saturated rings. The maximum Gasteiger partial charge on any atom is 0.270 e. The number of fused-ring (bicyclic) bond motifs is 1. The van der Waals surface area contributed by atoms with Gasteiger partial charge in [-0.25, -0.2) is 4.98 Å². The van der Waals surface area contributed by atoms with Crippen molar-refractivity contribution in [3.05, 3.63) is 54.4 Å². The topological polar surface area (TPSA) is 64.3 Å². The fraction of sp³-hybridized carbons (Fsp3) is 0.417. The van der Waals surface area contributed by atoms with Gasteiger partial charge < -0.3 is 20.1 Å². The number of piperidine rings is 1. The summed E-state index contributed by atoms with van der Waals surface area (Å²) in [6.45, 7) is 7.95. The van der Waals surface area contributed by atoms with E-state index in [4.69, 9.17) is 0 Å². The van der Waals surface area contributed by atoms with Crippen molar-refractivity contribution in [3.63, 3.8) is 0 Å². The fourth-order valence-corrected chi connectivity index (χ4v) is 4.17. The van der Waals surface area contributed by atoms with Crippen molar-refractivity contribution in [1.82, 2.24) is 14.9 Å². The first-order valence-electron chi connectivity index (χ1n) is 10.6. The number of amides is 1. The van der Waals surface area contributed by atoms with Crippen molar-refractivity contribution in [3.8, 4) is 0 Å². The Morgan fingerprint density at radius 2 is 1.90 bits per heavy atom. The van der Waals surface area contributed by atoms with Gasteiger partial charge in [-0.15, -0.1) is 0 Å². The predicted octanol–water partition coefficient (Wildman–Crippen LogP) is 4.51. The minimum atomic E-state index is -0.0337. The Morgan fingerprint density at radius 3 is 2.60 bits per heavy atom. The number of anilines is 2. The number of benzene rings is 1.